The van der Waals surface area contributed by atoms with Crippen LogP contribution in [0.15, 0.2) is 0 Å². The predicted molar refractivity (Wildman–Crippen MR) is 47.5 cm³/mol. The van der Waals surface area contributed by atoms with E-state index < -0.39 is 23.9 Å². The zero-order chi connectivity index (χ0) is 11.3. The number of rotatable bonds is 4. The summed E-state index contributed by atoms with van der Waals surface area (Å²) in [5.41, 5.74) is 4.73. The lowest BCUT2D eigenvalue weighted by molar-refractivity contribution is -0.139. The molecule has 14 heavy (non-hydrogen) atoms. The first-order chi connectivity index (χ1) is 6.34. The Balaban J connectivity index is 4.16. The lowest BCUT2D eigenvalue weighted by Crippen LogP contribution is -2.48. The fourth-order valence-corrected chi connectivity index (χ4v) is 0.776. The SMILES string of the molecule is CC(C(=O)NC(N)=O)N(C)CC(=O)O. The minimum Gasteiger partial charge on any atom is -0.480 e. The highest BCUT2D eigenvalue weighted by atomic mass is 16.4. The van der Waals surface area contributed by atoms with Gasteiger partial charge in [0, 0.05) is 0 Å². The summed E-state index contributed by atoms with van der Waals surface area (Å²) in [5, 5.41) is 10.3. The van der Waals surface area contributed by atoms with Crippen molar-refractivity contribution in [2.75, 3.05) is 13.6 Å². The molecule has 80 valence electrons. The van der Waals surface area contributed by atoms with Gasteiger partial charge in [-0.2, -0.15) is 0 Å². The van der Waals surface area contributed by atoms with Crippen LogP contribution < -0.4 is 11.1 Å². The van der Waals surface area contributed by atoms with E-state index in [1.165, 1.54) is 18.9 Å². The van der Waals surface area contributed by atoms with Crippen LogP contribution in [-0.4, -0.2) is 47.5 Å². The highest BCUT2D eigenvalue weighted by molar-refractivity contribution is 5.96. The molecule has 1 unspecified atom stereocenters. The van der Waals surface area contributed by atoms with E-state index in [4.69, 9.17) is 10.8 Å². The van der Waals surface area contributed by atoms with Gasteiger partial charge >= 0.3 is 12.0 Å². The van der Waals surface area contributed by atoms with Crippen molar-refractivity contribution >= 4 is 17.9 Å². The molecule has 7 nitrogen and oxygen atoms in total. The number of urea groups is 1. The number of carbonyl (C=O) groups excluding carboxylic acids is 2. The number of carboxylic acids is 1. The summed E-state index contributed by atoms with van der Waals surface area (Å²) in [7, 11) is 1.46. The third-order valence-corrected chi connectivity index (χ3v) is 1.67. The van der Waals surface area contributed by atoms with Crippen molar-refractivity contribution in [2.24, 2.45) is 5.73 Å². The molecular weight excluding hydrogens is 190 g/mol. The molecule has 4 N–H and O–H groups in total. The van der Waals surface area contributed by atoms with Gasteiger partial charge in [0.15, 0.2) is 0 Å². The molecule has 3 amide bonds. The number of aliphatic carboxylic acids is 1. The summed E-state index contributed by atoms with van der Waals surface area (Å²) in [5.74, 6) is -1.67. The van der Waals surface area contributed by atoms with Gasteiger partial charge in [0.05, 0.1) is 12.6 Å². The average molecular weight is 203 g/mol. The third-order valence-electron chi connectivity index (χ3n) is 1.67. The predicted octanol–water partition coefficient (Wildman–Crippen LogP) is -1.41. The van der Waals surface area contributed by atoms with E-state index in [2.05, 4.69) is 0 Å². The minimum absolute atomic E-state index is 0.284. The number of hydrogen-bond acceptors (Lipinski definition) is 4. The fraction of sp³-hybridized carbons (Fsp3) is 0.571. The third kappa shape index (κ3) is 4.41. The molecule has 0 rings (SSSR count). The van der Waals surface area contributed by atoms with E-state index >= 15 is 0 Å². The summed E-state index contributed by atoms with van der Waals surface area (Å²) in [4.78, 5) is 33.0. The first-order valence-electron chi connectivity index (χ1n) is 3.87. The molecule has 0 bridgehead atoms. The molecule has 0 aliphatic carbocycles. The molecule has 0 aromatic carbocycles. The van der Waals surface area contributed by atoms with Crippen molar-refractivity contribution in [1.29, 1.82) is 0 Å². The number of primary amides is 1. The Bertz CT molecular complexity index is 253. The molecule has 1 atom stereocenters. The molecule has 0 aliphatic rings. The Morgan fingerprint density at radius 1 is 1.50 bits per heavy atom. The van der Waals surface area contributed by atoms with Crippen molar-refractivity contribution in [1.82, 2.24) is 10.2 Å². The second-order valence-electron chi connectivity index (χ2n) is 2.84. The molecule has 0 aliphatic heterocycles. The highest BCUT2D eigenvalue weighted by Gasteiger charge is 2.20. The molecule has 0 fully saturated rings. The van der Waals surface area contributed by atoms with Gasteiger partial charge in [0.25, 0.3) is 0 Å². The normalized spacial score (nSPS) is 12.2. The molecule has 0 aromatic rings. The van der Waals surface area contributed by atoms with Crippen LogP contribution in [0.2, 0.25) is 0 Å². The van der Waals surface area contributed by atoms with Crippen molar-refractivity contribution in [3.8, 4) is 0 Å². The smallest absolute Gasteiger partial charge is 0.318 e. The number of imide groups is 1. The lowest BCUT2D eigenvalue weighted by Gasteiger charge is -2.20. The summed E-state index contributed by atoms with van der Waals surface area (Å²) in [6.07, 6.45) is 0. The van der Waals surface area contributed by atoms with Gasteiger partial charge in [-0.1, -0.05) is 0 Å². The average Bonchev–Trinajstić information content (AvgIpc) is 2.00. The maximum atomic E-state index is 11.1. The van der Waals surface area contributed by atoms with Crippen molar-refractivity contribution in [3.05, 3.63) is 0 Å². The number of nitrogens with two attached hydrogens (primary N) is 1. The maximum absolute atomic E-state index is 11.1. The van der Waals surface area contributed by atoms with Gasteiger partial charge in [0.2, 0.25) is 5.91 Å². The van der Waals surface area contributed by atoms with E-state index in [0.29, 0.717) is 0 Å². The van der Waals surface area contributed by atoms with Crippen LogP contribution in [0.25, 0.3) is 0 Å². The Kier molecular flexibility index (Phi) is 4.57. The zero-order valence-corrected chi connectivity index (χ0v) is 7.98. The topological polar surface area (TPSA) is 113 Å². The van der Waals surface area contributed by atoms with E-state index in [1.807, 2.05) is 5.32 Å². The van der Waals surface area contributed by atoms with Gasteiger partial charge in [-0.05, 0) is 14.0 Å². The van der Waals surface area contributed by atoms with Crippen molar-refractivity contribution in [3.63, 3.8) is 0 Å². The van der Waals surface area contributed by atoms with Crippen LogP contribution in [0.5, 0.6) is 0 Å². The van der Waals surface area contributed by atoms with E-state index in [9.17, 15) is 14.4 Å². The first-order valence-corrected chi connectivity index (χ1v) is 3.87. The molecule has 7 heteroatoms. The Morgan fingerprint density at radius 3 is 2.36 bits per heavy atom. The van der Waals surface area contributed by atoms with Crippen LogP contribution in [0.3, 0.4) is 0 Å². The molecule has 0 saturated carbocycles. The van der Waals surface area contributed by atoms with Gasteiger partial charge in [-0.15, -0.1) is 0 Å². The van der Waals surface area contributed by atoms with Crippen LogP contribution >= 0.6 is 0 Å². The monoisotopic (exact) mass is 203 g/mol. The standard InChI is InChI=1S/C7H13N3O4/c1-4(6(13)9-7(8)14)10(2)3-5(11)12/h4H,3H2,1-2H3,(H,11,12)(H3,8,9,13,14). The summed E-state index contributed by atoms with van der Waals surface area (Å²) >= 11 is 0. The Hall–Kier alpha value is -1.63. The molecule has 0 radical (unpaired) electrons. The quantitative estimate of drug-likeness (QED) is 0.519. The highest BCUT2D eigenvalue weighted by Crippen LogP contribution is 1.94. The van der Waals surface area contributed by atoms with Crippen LogP contribution in [0.1, 0.15) is 6.92 Å². The fourth-order valence-electron chi connectivity index (χ4n) is 0.776. The number of amides is 3. The molecule has 0 saturated heterocycles. The number of carboxylic acid groups (broad SMARTS) is 1. The number of nitrogens with one attached hydrogen (secondary N) is 1. The van der Waals surface area contributed by atoms with Crippen LogP contribution in [0, 0.1) is 0 Å². The van der Waals surface area contributed by atoms with Gasteiger partial charge in [0.1, 0.15) is 0 Å². The van der Waals surface area contributed by atoms with Gasteiger partial charge < -0.3 is 10.8 Å². The zero-order valence-electron chi connectivity index (χ0n) is 7.98. The summed E-state index contributed by atoms with van der Waals surface area (Å²) < 4.78 is 0. The molecule has 0 spiro atoms. The number of hydrogen-bond donors (Lipinski definition) is 3. The maximum Gasteiger partial charge on any atom is 0.318 e. The van der Waals surface area contributed by atoms with E-state index in [-0.39, 0.29) is 6.54 Å². The van der Waals surface area contributed by atoms with E-state index in [0.717, 1.165) is 0 Å². The van der Waals surface area contributed by atoms with Gasteiger partial charge in [-0.25, -0.2) is 4.79 Å². The van der Waals surface area contributed by atoms with E-state index in [1.54, 1.807) is 0 Å². The Morgan fingerprint density at radius 2 is 2.00 bits per heavy atom. The summed E-state index contributed by atoms with van der Waals surface area (Å²) in [6, 6.07) is -1.68. The molecule has 0 heterocycles. The minimum atomic E-state index is -1.05. The number of likely N-dealkylation sites (N-methyl/N-ethyl adjacent to an activating group) is 1. The van der Waals surface area contributed by atoms with Crippen molar-refractivity contribution in [2.45, 2.75) is 13.0 Å². The number of nitrogens with zero attached hydrogens (tertiary/aromatic N) is 1. The molecular formula is C7H13N3O4. The lowest BCUT2D eigenvalue weighted by atomic mass is 10.3. The second kappa shape index (κ2) is 5.18. The Labute approximate surface area is 80.9 Å². The number of carbonyl (C=O) groups is 3. The largest absolute Gasteiger partial charge is 0.480 e. The van der Waals surface area contributed by atoms with Gasteiger partial charge in [-0.3, -0.25) is 19.8 Å². The van der Waals surface area contributed by atoms with Crippen LogP contribution in [0.4, 0.5) is 4.79 Å². The first kappa shape index (κ1) is 12.4. The summed E-state index contributed by atoms with van der Waals surface area (Å²) in [6.45, 7) is 1.19. The molecule has 0 aromatic heterocycles. The van der Waals surface area contributed by atoms with Crippen LogP contribution in [-0.2, 0) is 9.59 Å². The van der Waals surface area contributed by atoms with Crippen molar-refractivity contribution < 1.29 is 19.5 Å². The second-order valence-corrected chi connectivity index (χ2v) is 2.84.